The molecule has 1 heterocycles. The first-order valence-corrected chi connectivity index (χ1v) is 9.47. The molecule has 0 N–H and O–H groups in total. The van der Waals surface area contributed by atoms with E-state index >= 15 is 0 Å². The summed E-state index contributed by atoms with van der Waals surface area (Å²) in [4.78, 5) is 13.8. The lowest BCUT2D eigenvalue weighted by Crippen LogP contribution is -2.40. The summed E-state index contributed by atoms with van der Waals surface area (Å²) >= 11 is 3.35. The first-order valence-electron chi connectivity index (χ1n) is 5.54. The second-order valence-electron chi connectivity index (χ2n) is 3.79. The Morgan fingerprint density at radius 3 is 2.05 bits per heavy atom. The Hall–Kier alpha value is -0.340. The van der Waals surface area contributed by atoms with E-state index in [1.807, 2.05) is 29.2 Å². The molecule has 112 valence electrons. The van der Waals surface area contributed by atoms with Crippen LogP contribution in [0.4, 0.5) is 0 Å². The van der Waals surface area contributed by atoms with E-state index in [4.69, 9.17) is 13.2 Å². The molecular formula is C11H12BrCl2NO4S. The molecule has 0 radical (unpaired) electrons. The van der Waals surface area contributed by atoms with Crippen molar-refractivity contribution in [2.75, 3.05) is 26.3 Å². The third-order valence-corrected chi connectivity index (χ3v) is 2.92. The molecule has 0 aliphatic carbocycles. The maximum absolute atomic E-state index is 12.0. The molecule has 1 fully saturated rings. The average Bonchev–Trinajstić information content (AvgIpc) is 2.38. The molecular weight excluding hydrogens is 393 g/mol. The van der Waals surface area contributed by atoms with E-state index in [1.54, 1.807) is 0 Å². The van der Waals surface area contributed by atoms with Crippen LogP contribution in [0.5, 0.6) is 0 Å². The van der Waals surface area contributed by atoms with Crippen molar-refractivity contribution in [3.05, 3.63) is 34.3 Å². The lowest BCUT2D eigenvalue weighted by atomic mass is 10.2. The molecule has 0 saturated carbocycles. The van der Waals surface area contributed by atoms with E-state index in [-0.39, 0.29) is 5.91 Å². The smallest absolute Gasteiger partial charge is 0.317 e. The zero-order chi connectivity index (χ0) is 15.2. The fourth-order valence-corrected chi connectivity index (χ4v) is 1.81. The van der Waals surface area contributed by atoms with Crippen molar-refractivity contribution in [2.24, 2.45) is 0 Å². The highest BCUT2D eigenvalue weighted by molar-refractivity contribution is 9.10. The summed E-state index contributed by atoms with van der Waals surface area (Å²) in [7, 11) is 4.81. The molecule has 20 heavy (non-hydrogen) atoms. The molecule has 1 aromatic carbocycles. The van der Waals surface area contributed by atoms with Crippen LogP contribution in [0.25, 0.3) is 0 Å². The molecule has 5 nitrogen and oxygen atoms in total. The zero-order valence-electron chi connectivity index (χ0n) is 10.3. The summed E-state index contributed by atoms with van der Waals surface area (Å²) in [6, 6.07) is 7.44. The summed E-state index contributed by atoms with van der Waals surface area (Å²) in [6.07, 6.45) is 0. The molecule has 1 aromatic rings. The minimum absolute atomic E-state index is 0.0887. The first-order chi connectivity index (χ1) is 9.27. The normalized spacial score (nSPS) is 15.2. The Balaban J connectivity index is 0.000000347. The summed E-state index contributed by atoms with van der Waals surface area (Å²) in [5, 5.41) is 0. The van der Waals surface area contributed by atoms with Crippen LogP contribution in [0.1, 0.15) is 10.4 Å². The van der Waals surface area contributed by atoms with Crippen LogP contribution in [0.3, 0.4) is 0 Å². The second-order valence-corrected chi connectivity index (χ2v) is 8.37. The Morgan fingerprint density at radius 1 is 1.15 bits per heavy atom. The van der Waals surface area contributed by atoms with Gasteiger partial charge in [-0.2, -0.15) is 8.42 Å². The average molecular weight is 405 g/mol. The lowest BCUT2D eigenvalue weighted by molar-refractivity contribution is 0.0303. The largest absolute Gasteiger partial charge is 0.378 e. The standard InChI is InChI=1S/C11H12BrNO2.Cl2O2S/c12-10-3-1-9(2-4-10)11(14)13-5-7-15-8-6-13;1-5(2,3)4/h1-4H,5-8H2;. The molecule has 1 amide bonds. The number of nitrogens with zero attached hydrogens (tertiary/aromatic N) is 1. The zero-order valence-corrected chi connectivity index (χ0v) is 14.2. The fourth-order valence-electron chi connectivity index (χ4n) is 1.54. The van der Waals surface area contributed by atoms with Gasteiger partial charge in [-0.05, 0) is 24.3 Å². The molecule has 0 spiro atoms. The van der Waals surface area contributed by atoms with E-state index in [0.29, 0.717) is 26.3 Å². The number of carbonyl (C=O) groups excluding carboxylic acids is 1. The van der Waals surface area contributed by atoms with Gasteiger partial charge in [0.05, 0.1) is 13.2 Å². The number of amides is 1. The van der Waals surface area contributed by atoms with Crippen molar-refractivity contribution < 1.29 is 17.9 Å². The third kappa shape index (κ3) is 7.44. The molecule has 1 saturated heterocycles. The SMILES string of the molecule is O=C(c1ccc(Br)cc1)N1CCOCC1.O=S(=O)(Cl)Cl. The van der Waals surface area contributed by atoms with Gasteiger partial charge >= 0.3 is 8.26 Å². The van der Waals surface area contributed by atoms with Gasteiger partial charge in [-0.15, -0.1) is 0 Å². The predicted octanol–water partition coefficient (Wildman–Crippen LogP) is 2.63. The Labute approximate surface area is 134 Å². The van der Waals surface area contributed by atoms with Crippen LogP contribution in [0, 0.1) is 0 Å². The van der Waals surface area contributed by atoms with Gasteiger partial charge in [-0.25, -0.2) is 0 Å². The van der Waals surface area contributed by atoms with E-state index in [2.05, 4.69) is 37.3 Å². The van der Waals surface area contributed by atoms with Crippen LogP contribution in [0.15, 0.2) is 28.7 Å². The van der Waals surface area contributed by atoms with Crippen molar-refractivity contribution >= 4 is 51.5 Å². The molecule has 9 heteroatoms. The van der Waals surface area contributed by atoms with Gasteiger partial charge in [0.2, 0.25) is 0 Å². The van der Waals surface area contributed by atoms with Gasteiger partial charge in [0.25, 0.3) is 5.91 Å². The van der Waals surface area contributed by atoms with Gasteiger partial charge in [0, 0.05) is 44.5 Å². The molecule has 0 atom stereocenters. The predicted molar refractivity (Wildman–Crippen MR) is 81.5 cm³/mol. The van der Waals surface area contributed by atoms with Crippen LogP contribution >= 0.6 is 37.3 Å². The lowest BCUT2D eigenvalue weighted by Gasteiger charge is -2.26. The number of ether oxygens (including phenoxy) is 1. The number of benzene rings is 1. The van der Waals surface area contributed by atoms with E-state index in [9.17, 15) is 4.79 Å². The third-order valence-electron chi connectivity index (χ3n) is 2.39. The van der Waals surface area contributed by atoms with Gasteiger partial charge in [0.1, 0.15) is 0 Å². The molecule has 1 aliphatic rings. The highest BCUT2D eigenvalue weighted by Crippen LogP contribution is 2.13. The summed E-state index contributed by atoms with van der Waals surface area (Å²) in [5.74, 6) is 0.0887. The molecule has 0 bridgehead atoms. The van der Waals surface area contributed by atoms with Crippen LogP contribution < -0.4 is 0 Å². The topological polar surface area (TPSA) is 63.7 Å². The van der Waals surface area contributed by atoms with E-state index in [1.165, 1.54) is 0 Å². The van der Waals surface area contributed by atoms with Gasteiger partial charge in [0.15, 0.2) is 0 Å². The maximum Gasteiger partial charge on any atom is 0.317 e. The Kier molecular flexibility index (Phi) is 7.25. The number of hydrogen-bond acceptors (Lipinski definition) is 4. The summed E-state index contributed by atoms with van der Waals surface area (Å²) in [6.45, 7) is 2.66. The first kappa shape index (κ1) is 17.7. The maximum atomic E-state index is 12.0. The van der Waals surface area contributed by atoms with Crippen molar-refractivity contribution in [1.29, 1.82) is 0 Å². The van der Waals surface area contributed by atoms with Crippen molar-refractivity contribution in [1.82, 2.24) is 4.90 Å². The number of hydrogen-bond donors (Lipinski definition) is 0. The van der Waals surface area contributed by atoms with Crippen molar-refractivity contribution in [2.45, 2.75) is 0 Å². The van der Waals surface area contributed by atoms with Crippen LogP contribution in [-0.2, 0) is 13.0 Å². The summed E-state index contributed by atoms with van der Waals surface area (Å²) in [5.41, 5.74) is 0.736. The highest BCUT2D eigenvalue weighted by Gasteiger charge is 2.17. The number of halogens is 3. The van der Waals surface area contributed by atoms with Gasteiger partial charge in [-0.1, -0.05) is 15.9 Å². The number of morpholine rings is 1. The van der Waals surface area contributed by atoms with Gasteiger partial charge in [-0.3, -0.25) is 4.79 Å². The fraction of sp³-hybridized carbons (Fsp3) is 0.364. The molecule has 1 aliphatic heterocycles. The van der Waals surface area contributed by atoms with Crippen LogP contribution in [-0.4, -0.2) is 45.5 Å². The Morgan fingerprint density at radius 2 is 1.60 bits per heavy atom. The molecule has 0 aromatic heterocycles. The minimum Gasteiger partial charge on any atom is -0.378 e. The van der Waals surface area contributed by atoms with Crippen LogP contribution in [0.2, 0.25) is 0 Å². The van der Waals surface area contributed by atoms with E-state index < -0.39 is 8.26 Å². The van der Waals surface area contributed by atoms with Gasteiger partial charge < -0.3 is 9.64 Å². The number of rotatable bonds is 1. The molecule has 0 unspecified atom stereocenters. The quantitative estimate of drug-likeness (QED) is 0.675. The minimum atomic E-state index is -3.72. The molecule has 2 rings (SSSR count). The second kappa shape index (κ2) is 8.19. The van der Waals surface area contributed by atoms with E-state index in [0.717, 1.165) is 10.0 Å². The monoisotopic (exact) mass is 403 g/mol. The highest BCUT2D eigenvalue weighted by atomic mass is 79.9. The van der Waals surface area contributed by atoms with Crippen molar-refractivity contribution in [3.8, 4) is 0 Å². The number of carbonyl (C=O) groups is 1. The Bertz CT molecular complexity index is 536. The van der Waals surface area contributed by atoms with Crippen molar-refractivity contribution in [3.63, 3.8) is 0 Å². The summed E-state index contributed by atoms with van der Waals surface area (Å²) < 4.78 is 24.5.